The number of rotatable bonds is 3. The molecule has 0 aromatic carbocycles. The number of fused-ring (bicyclic) bond motifs is 1. The van der Waals surface area contributed by atoms with E-state index >= 15 is 0 Å². The maximum absolute atomic E-state index is 11.3. The van der Waals surface area contributed by atoms with Crippen LogP contribution < -0.4 is 0 Å². The Hall–Kier alpha value is -1.36. The molecule has 2 aliphatic rings. The molecule has 1 saturated heterocycles. The number of imidazole rings is 1. The molecular formula is C15H23N3O2. The molecule has 1 aromatic rings. The lowest BCUT2D eigenvalue weighted by Gasteiger charge is -2.28. The Balaban J connectivity index is 1.71. The molecule has 0 bridgehead atoms. The van der Waals surface area contributed by atoms with Gasteiger partial charge in [0, 0.05) is 12.6 Å². The maximum atomic E-state index is 11.3. The van der Waals surface area contributed by atoms with Crippen LogP contribution in [0.1, 0.15) is 43.2 Å². The van der Waals surface area contributed by atoms with Gasteiger partial charge in [0.2, 0.25) is 0 Å². The molecule has 5 heteroatoms. The zero-order valence-electron chi connectivity index (χ0n) is 12.1. The Bertz CT molecular complexity index is 489. The molecule has 20 heavy (non-hydrogen) atoms. The summed E-state index contributed by atoms with van der Waals surface area (Å²) in [6.45, 7) is 2.33. The summed E-state index contributed by atoms with van der Waals surface area (Å²) in [5.74, 6) is 0.937. The number of carboxylic acid groups (broad SMARTS) is 1. The van der Waals surface area contributed by atoms with Crippen molar-refractivity contribution in [2.75, 3.05) is 20.1 Å². The number of aryl methyl sites for hydroxylation is 1. The van der Waals surface area contributed by atoms with E-state index in [9.17, 15) is 9.90 Å². The molecule has 2 aliphatic heterocycles. The van der Waals surface area contributed by atoms with Crippen molar-refractivity contribution in [2.24, 2.45) is 5.92 Å². The number of likely N-dealkylation sites (tertiary alicyclic amines) is 1. The summed E-state index contributed by atoms with van der Waals surface area (Å²) >= 11 is 0. The Morgan fingerprint density at radius 3 is 2.85 bits per heavy atom. The molecule has 1 fully saturated rings. The molecule has 1 aromatic heterocycles. The Morgan fingerprint density at radius 2 is 2.15 bits per heavy atom. The van der Waals surface area contributed by atoms with Crippen molar-refractivity contribution in [2.45, 2.75) is 44.6 Å². The average Bonchev–Trinajstić information content (AvgIpc) is 2.83. The third-order valence-corrected chi connectivity index (χ3v) is 4.69. The molecule has 5 nitrogen and oxygen atoms in total. The van der Waals surface area contributed by atoms with E-state index in [1.54, 1.807) is 0 Å². The number of piperidine rings is 1. The summed E-state index contributed by atoms with van der Waals surface area (Å²) in [5, 5.41) is 9.29. The SMILES string of the molecule is CN1CCC(Cc2cn3c(n2)CCCC3C(=O)O)CC1. The molecule has 0 radical (unpaired) electrons. The van der Waals surface area contributed by atoms with Crippen molar-refractivity contribution in [1.29, 1.82) is 0 Å². The lowest BCUT2D eigenvalue weighted by Crippen LogP contribution is -2.31. The van der Waals surface area contributed by atoms with E-state index < -0.39 is 12.0 Å². The van der Waals surface area contributed by atoms with Crippen LogP contribution in [0.2, 0.25) is 0 Å². The lowest BCUT2D eigenvalue weighted by molar-refractivity contribution is -0.141. The van der Waals surface area contributed by atoms with Gasteiger partial charge in [0.25, 0.3) is 0 Å². The van der Waals surface area contributed by atoms with Gasteiger partial charge in [-0.25, -0.2) is 9.78 Å². The third kappa shape index (κ3) is 2.73. The maximum Gasteiger partial charge on any atom is 0.326 e. The summed E-state index contributed by atoms with van der Waals surface area (Å²) in [6, 6.07) is -0.405. The first kappa shape index (κ1) is 13.6. The van der Waals surface area contributed by atoms with Crippen molar-refractivity contribution in [3.63, 3.8) is 0 Å². The molecule has 0 saturated carbocycles. The Morgan fingerprint density at radius 1 is 1.40 bits per heavy atom. The first-order chi connectivity index (χ1) is 9.63. The number of hydrogen-bond acceptors (Lipinski definition) is 3. The van der Waals surface area contributed by atoms with Crippen LogP contribution in [0.4, 0.5) is 0 Å². The van der Waals surface area contributed by atoms with Crippen LogP contribution >= 0.6 is 0 Å². The third-order valence-electron chi connectivity index (χ3n) is 4.69. The topological polar surface area (TPSA) is 58.4 Å². The number of nitrogens with zero attached hydrogens (tertiary/aromatic N) is 3. The van der Waals surface area contributed by atoms with Crippen LogP contribution in [0.15, 0.2) is 6.20 Å². The molecule has 1 N–H and O–H groups in total. The minimum atomic E-state index is -0.728. The molecular weight excluding hydrogens is 254 g/mol. The van der Waals surface area contributed by atoms with E-state index in [2.05, 4.69) is 16.9 Å². The van der Waals surface area contributed by atoms with Gasteiger partial charge in [0.15, 0.2) is 0 Å². The zero-order valence-corrected chi connectivity index (χ0v) is 12.1. The van der Waals surface area contributed by atoms with Gasteiger partial charge in [0.05, 0.1) is 5.69 Å². The first-order valence-electron chi connectivity index (χ1n) is 7.61. The quantitative estimate of drug-likeness (QED) is 0.914. The van der Waals surface area contributed by atoms with Gasteiger partial charge < -0.3 is 14.6 Å². The fourth-order valence-corrected chi connectivity index (χ4v) is 3.44. The molecule has 0 aliphatic carbocycles. The number of aliphatic carboxylic acids is 1. The highest BCUT2D eigenvalue weighted by Gasteiger charge is 2.27. The second kappa shape index (κ2) is 5.56. The second-order valence-electron chi connectivity index (χ2n) is 6.25. The van der Waals surface area contributed by atoms with E-state index in [0.717, 1.165) is 50.3 Å². The summed E-state index contributed by atoms with van der Waals surface area (Å²) < 4.78 is 1.90. The van der Waals surface area contributed by atoms with E-state index in [0.29, 0.717) is 5.92 Å². The van der Waals surface area contributed by atoms with E-state index in [1.807, 2.05) is 10.8 Å². The fourth-order valence-electron chi connectivity index (χ4n) is 3.44. The minimum Gasteiger partial charge on any atom is -0.480 e. The number of carboxylic acids is 1. The van der Waals surface area contributed by atoms with Gasteiger partial charge in [-0.3, -0.25) is 0 Å². The number of carbonyl (C=O) groups is 1. The summed E-state index contributed by atoms with van der Waals surface area (Å²) in [4.78, 5) is 18.4. The highest BCUT2D eigenvalue weighted by molar-refractivity contribution is 5.72. The lowest BCUT2D eigenvalue weighted by atomic mass is 9.93. The van der Waals surface area contributed by atoms with Crippen molar-refractivity contribution in [1.82, 2.24) is 14.5 Å². The van der Waals surface area contributed by atoms with Gasteiger partial charge in [-0.1, -0.05) is 0 Å². The highest BCUT2D eigenvalue weighted by Crippen LogP contribution is 2.27. The van der Waals surface area contributed by atoms with E-state index in [-0.39, 0.29) is 0 Å². The van der Waals surface area contributed by atoms with Crippen LogP contribution in [0.25, 0.3) is 0 Å². The van der Waals surface area contributed by atoms with Gasteiger partial charge in [-0.2, -0.15) is 0 Å². The molecule has 3 heterocycles. The van der Waals surface area contributed by atoms with Crippen LogP contribution in [0, 0.1) is 5.92 Å². The van der Waals surface area contributed by atoms with Crippen molar-refractivity contribution in [3.05, 3.63) is 17.7 Å². The molecule has 1 unspecified atom stereocenters. The van der Waals surface area contributed by atoms with Gasteiger partial charge >= 0.3 is 5.97 Å². The van der Waals surface area contributed by atoms with E-state index in [1.165, 1.54) is 12.8 Å². The standard InChI is InChI=1S/C15H23N3O2/c1-17-7-5-11(6-8-17)9-12-10-18-13(15(19)20)3-2-4-14(18)16-12/h10-11,13H,2-9H2,1H3,(H,19,20). The number of hydrogen-bond donors (Lipinski definition) is 1. The molecule has 3 rings (SSSR count). The predicted octanol–water partition coefficient (Wildman–Crippen LogP) is 1.73. The van der Waals surface area contributed by atoms with E-state index in [4.69, 9.17) is 0 Å². The number of aromatic nitrogens is 2. The summed E-state index contributed by atoms with van der Waals surface area (Å²) in [7, 11) is 2.17. The van der Waals surface area contributed by atoms with Gasteiger partial charge in [0.1, 0.15) is 11.9 Å². The van der Waals surface area contributed by atoms with Crippen LogP contribution in [-0.4, -0.2) is 45.7 Å². The van der Waals surface area contributed by atoms with Gasteiger partial charge in [-0.05, 0) is 58.2 Å². The van der Waals surface area contributed by atoms with Crippen LogP contribution in [0.5, 0.6) is 0 Å². The zero-order chi connectivity index (χ0) is 14.1. The van der Waals surface area contributed by atoms with Crippen LogP contribution in [0.3, 0.4) is 0 Å². The van der Waals surface area contributed by atoms with Crippen molar-refractivity contribution in [3.8, 4) is 0 Å². The summed E-state index contributed by atoms with van der Waals surface area (Å²) in [5.41, 5.74) is 1.09. The fraction of sp³-hybridized carbons (Fsp3) is 0.733. The second-order valence-corrected chi connectivity index (χ2v) is 6.25. The molecule has 1 atom stereocenters. The normalized spacial score (nSPS) is 24.6. The Labute approximate surface area is 119 Å². The minimum absolute atomic E-state index is 0.405. The molecule has 0 spiro atoms. The largest absolute Gasteiger partial charge is 0.480 e. The smallest absolute Gasteiger partial charge is 0.326 e. The van der Waals surface area contributed by atoms with Crippen LogP contribution in [-0.2, 0) is 17.6 Å². The molecule has 0 amide bonds. The van der Waals surface area contributed by atoms with Gasteiger partial charge in [-0.15, -0.1) is 0 Å². The average molecular weight is 277 g/mol. The predicted molar refractivity (Wildman–Crippen MR) is 75.8 cm³/mol. The van der Waals surface area contributed by atoms with Crippen molar-refractivity contribution >= 4 is 5.97 Å². The molecule has 110 valence electrons. The summed E-state index contributed by atoms with van der Waals surface area (Å²) in [6.07, 6.45) is 8.01. The highest BCUT2D eigenvalue weighted by atomic mass is 16.4. The monoisotopic (exact) mass is 277 g/mol. The first-order valence-corrected chi connectivity index (χ1v) is 7.61. The Kier molecular flexibility index (Phi) is 3.78. The van der Waals surface area contributed by atoms with Crippen molar-refractivity contribution < 1.29 is 9.90 Å².